The van der Waals surface area contributed by atoms with Crippen LogP contribution in [-0.2, 0) is 16.0 Å². The number of halogens is 2. The molecule has 5 rings (SSSR count). The first-order valence-corrected chi connectivity index (χ1v) is 11.9. The summed E-state index contributed by atoms with van der Waals surface area (Å²) in [6.07, 6.45) is 3.46. The number of nitrogens with zero attached hydrogens (tertiary/aromatic N) is 2. The Hall–Kier alpha value is -3.49. The van der Waals surface area contributed by atoms with Crippen LogP contribution in [0.15, 0.2) is 36.4 Å². The van der Waals surface area contributed by atoms with Crippen LogP contribution in [0, 0.1) is 11.6 Å². The lowest BCUT2D eigenvalue weighted by Crippen LogP contribution is -2.45. The molecule has 2 N–H and O–H groups in total. The van der Waals surface area contributed by atoms with Crippen molar-refractivity contribution in [2.75, 3.05) is 13.7 Å². The largest absolute Gasteiger partial charge is 0.497 e. The van der Waals surface area contributed by atoms with Gasteiger partial charge in [0.05, 0.1) is 24.2 Å². The van der Waals surface area contributed by atoms with E-state index in [0.717, 1.165) is 12.8 Å². The molecular weight excluding hydrogens is 454 g/mol. The van der Waals surface area contributed by atoms with E-state index in [2.05, 4.69) is 15.3 Å². The number of imidazole rings is 1. The number of methoxy groups -OCH3 is 1. The molecule has 2 aliphatic heterocycles. The molecule has 0 radical (unpaired) electrons. The van der Waals surface area contributed by atoms with Crippen molar-refractivity contribution in [2.45, 2.75) is 56.5 Å². The van der Waals surface area contributed by atoms with Crippen molar-refractivity contribution in [1.29, 1.82) is 0 Å². The van der Waals surface area contributed by atoms with Gasteiger partial charge in [-0.05, 0) is 61.9 Å². The number of amides is 2. The van der Waals surface area contributed by atoms with Crippen molar-refractivity contribution in [1.82, 2.24) is 20.2 Å². The van der Waals surface area contributed by atoms with Crippen LogP contribution in [0.25, 0.3) is 11.0 Å². The van der Waals surface area contributed by atoms with Crippen LogP contribution < -0.4 is 10.1 Å². The minimum absolute atomic E-state index is 0.0325. The summed E-state index contributed by atoms with van der Waals surface area (Å²) >= 11 is 0. The molecule has 0 unspecified atom stereocenters. The number of aromatic amines is 1. The van der Waals surface area contributed by atoms with Gasteiger partial charge in [-0.2, -0.15) is 0 Å². The third-order valence-electron chi connectivity index (χ3n) is 7.19. The van der Waals surface area contributed by atoms with Gasteiger partial charge in [-0.25, -0.2) is 13.8 Å². The quantitative estimate of drug-likeness (QED) is 0.529. The van der Waals surface area contributed by atoms with E-state index >= 15 is 0 Å². The van der Waals surface area contributed by atoms with Crippen LogP contribution in [0.2, 0.25) is 0 Å². The third-order valence-corrected chi connectivity index (χ3v) is 7.19. The maximum Gasteiger partial charge on any atom is 0.223 e. The average Bonchev–Trinajstić information content (AvgIpc) is 3.57. The number of hydrogen-bond donors (Lipinski definition) is 2. The highest BCUT2D eigenvalue weighted by Crippen LogP contribution is 2.35. The number of fused-ring (bicyclic) bond motifs is 1. The Labute approximate surface area is 201 Å². The molecule has 35 heavy (non-hydrogen) atoms. The van der Waals surface area contributed by atoms with Crippen molar-refractivity contribution in [3.05, 3.63) is 59.4 Å². The van der Waals surface area contributed by atoms with Gasteiger partial charge in [0.25, 0.3) is 0 Å². The first-order chi connectivity index (χ1) is 16.9. The molecule has 0 bridgehead atoms. The van der Waals surface area contributed by atoms with Gasteiger partial charge in [-0.15, -0.1) is 0 Å². The van der Waals surface area contributed by atoms with Gasteiger partial charge in [0.2, 0.25) is 11.8 Å². The zero-order valence-electron chi connectivity index (χ0n) is 19.6. The lowest BCUT2D eigenvalue weighted by Gasteiger charge is -2.31. The summed E-state index contributed by atoms with van der Waals surface area (Å²) < 4.78 is 33.3. The van der Waals surface area contributed by atoms with Crippen LogP contribution in [0.4, 0.5) is 8.78 Å². The van der Waals surface area contributed by atoms with Gasteiger partial charge < -0.3 is 19.9 Å². The van der Waals surface area contributed by atoms with E-state index in [1.165, 1.54) is 25.3 Å². The molecular formula is C26H28F2N4O3. The molecule has 2 aromatic carbocycles. The molecule has 2 aliphatic rings. The monoisotopic (exact) mass is 482 g/mol. The summed E-state index contributed by atoms with van der Waals surface area (Å²) in [5, 5.41) is 3.02. The fraction of sp³-hybridized carbons (Fsp3) is 0.423. The predicted molar refractivity (Wildman–Crippen MR) is 126 cm³/mol. The molecule has 2 atom stereocenters. The van der Waals surface area contributed by atoms with Crippen molar-refractivity contribution in [2.24, 2.45) is 0 Å². The molecule has 0 saturated carbocycles. The molecule has 0 spiro atoms. The van der Waals surface area contributed by atoms with Crippen molar-refractivity contribution >= 4 is 22.8 Å². The number of hydrogen-bond acceptors (Lipinski definition) is 4. The maximum atomic E-state index is 14.7. The van der Waals surface area contributed by atoms with Gasteiger partial charge in [-0.3, -0.25) is 9.59 Å². The molecule has 2 fully saturated rings. The number of H-pyrrole nitrogens is 1. The van der Waals surface area contributed by atoms with Gasteiger partial charge in [0.1, 0.15) is 23.2 Å². The second-order valence-electron chi connectivity index (χ2n) is 9.49. The van der Waals surface area contributed by atoms with Gasteiger partial charge in [0.15, 0.2) is 0 Å². The van der Waals surface area contributed by atoms with Crippen LogP contribution in [0.1, 0.15) is 56.0 Å². The lowest BCUT2D eigenvalue weighted by molar-refractivity contribution is -0.133. The Morgan fingerprint density at radius 2 is 2.11 bits per heavy atom. The molecule has 184 valence electrons. The first kappa shape index (κ1) is 23.3. The average molecular weight is 483 g/mol. The summed E-state index contributed by atoms with van der Waals surface area (Å²) in [6, 6.07) is 8.88. The van der Waals surface area contributed by atoms with Gasteiger partial charge in [0, 0.05) is 31.0 Å². The number of carbonyl (C=O) groups is 2. The molecule has 3 aromatic rings. The highest BCUT2D eigenvalue weighted by Gasteiger charge is 2.40. The van der Waals surface area contributed by atoms with Crippen LogP contribution in [-0.4, -0.2) is 45.9 Å². The van der Waals surface area contributed by atoms with E-state index in [0.29, 0.717) is 60.4 Å². The number of benzene rings is 2. The number of likely N-dealkylation sites (tertiary alicyclic amines) is 1. The topological polar surface area (TPSA) is 87.3 Å². The van der Waals surface area contributed by atoms with Crippen LogP contribution in [0.5, 0.6) is 5.75 Å². The smallest absolute Gasteiger partial charge is 0.223 e. The summed E-state index contributed by atoms with van der Waals surface area (Å²) in [5.74, 6) is 0.233. The van der Waals surface area contributed by atoms with Crippen LogP contribution in [0.3, 0.4) is 0 Å². The Balaban J connectivity index is 1.30. The van der Waals surface area contributed by atoms with E-state index in [1.807, 2.05) is 4.90 Å². The standard InChI is InChI=1S/C26H28F2N4O3/c1-35-18-6-4-16(19(28)14-18)15-26(10-8-23(33)31-26)11-9-24(34)32-12-2-3-22(32)25-29-20-7-5-17(27)13-21(20)30-25/h4-7,13-14,22H,2-3,8-12,15H2,1H3,(H,29,30)(H,31,33)/t22-,26-/m0/s1. The number of carbonyl (C=O) groups excluding carboxylic acids is 2. The molecule has 1 aromatic heterocycles. The molecule has 2 amide bonds. The minimum Gasteiger partial charge on any atom is -0.497 e. The third kappa shape index (κ3) is 4.72. The number of rotatable bonds is 7. The van der Waals surface area contributed by atoms with Crippen molar-refractivity contribution in [3.63, 3.8) is 0 Å². The van der Waals surface area contributed by atoms with E-state index in [1.54, 1.807) is 18.2 Å². The Bertz CT molecular complexity index is 1280. The fourth-order valence-electron chi connectivity index (χ4n) is 5.34. The van der Waals surface area contributed by atoms with Crippen LogP contribution >= 0.6 is 0 Å². The van der Waals surface area contributed by atoms with Gasteiger partial charge >= 0.3 is 0 Å². The second kappa shape index (κ2) is 9.28. The summed E-state index contributed by atoms with van der Waals surface area (Å²) in [7, 11) is 1.48. The summed E-state index contributed by atoms with van der Waals surface area (Å²) in [4.78, 5) is 35.0. The lowest BCUT2D eigenvalue weighted by atomic mass is 9.84. The van der Waals surface area contributed by atoms with E-state index in [4.69, 9.17) is 4.74 Å². The fourth-order valence-corrected chi connectivity index (χ4v) is 5.34. The normalized spacial score (nSPS) is 22.1. The van der Waals surface area contributed by atoms with Crippen molar-refractivity contribution < 1.29 is 23.1 Å². The van der Waals surface area contributed by atoms with Gasteiger partial charge in [-0.1, -0.05) is 6.07 Å². The summed E-state index contributed by atoms with van der Waals surface area (Å²) in [6.45, 7) is 0.612. The van der Waals surface area contributed by atoms with E-state index < -0.39 is 11.4 Å². The molecule has 9 heteroatoms. The van der Waals surface area contributed by atoms with E-state index in [-0.39, 0.29) is 30.1 Å². The molecule has 0 aliphatic carbocycles. The predicted octanol–water partition coefficient (Wildman–Crippen LogP) is 4.18. The number of ether oxygens (including phenoxy) is 1. The minimum atomic E-state index is -0.672. The zero-order valence-corrected chi connectivity index (χ0v) is 19.6. The second-order valence-corrected chi connectivity index (χ2v) is 9.49. The van der Waals surface area contributed by atoms with Crippen molar-refractivity contribution in [3.8, 4) is 5.75 Å². The highest BCUT2D eigenvalue weighted by atomic mass is 19.1. The SMILES string of the molecule is COc1ccc(C[C@@]2(CCC(=O)N3CCC[C@H]3c3nc4ccc(F)cc4[nH]3)CCC(=O)N2)c(F)c1. The first-order valence-electron chi connectivity index (χ1n) is 11.9. The molecule has 3 heterocycles. The molecule has 7 nitrogen and oxygen atoms in total. The Kier molecular flexibility index (Phi) is 6.17. The van der Waals surface area contributed by atoms with E-state index in [9.17, 15) is 18.4 Å². The number of nitrogens with one attached hydrogen (secondary N) is 2. The Morgan fingerprint density at radius 3 is 2.86 bits per heavy atom. The maximum absolute atomic E-state index is 14.7. The summed E-state index contributed by atoms with van der Waals surface area (Å²) in [5.41, 5.74) is 1.08. The zero-order chi connectivity index (χ0) is 24.6. The Morgan fingerprint density at radius 1 is 1.26 bits per heavy atom. The molecule has 2 saturated heterocycles. The highest BCUT2D eigenvalue weighted by molar-refractivity contribution is 5.81. The number of aromatic nitrogens is 2.